The fraction of sp³-hybridized carbons (Fsp3) is 0.200. The Morgan fingerprint density at radius 3 is 2.95 bits per heavy atom. The zero-order valence-corrected chi connectivity index (χ0v) is 12.3. The summed E-state index contributed by atoms with van der Waals surface area (Å²) in [6.07, 6.45) is 3.10. The van der Waals surface area contributed by atoms with E-state index in [1.54, 1.807) is 0 Å². The van der Waals surface area contributed by atoms with Crippen molar-refractivity contribution in [1.82, 2.24) is 4.98 Å². The minimum absolute atomic E-state index is 0.421. The highest BCUT2D eigenvalue weighted by Crippen LogP contribution is 2.29. The van der Waals surface area contributed by atoms with Gasteiger partial charge in [-0.05, 0) is 71.7 Å². The van der Waals surface area contributed by atoms with Gasteiger partial charge in [-0.3, -0.25) is 0 Å². The topological polar surface area (TPSA) is 45.9 Å². The summed E-state index contributed by atoms with van der Waals surface area (Å²) < 4.78 is 6.86. The van der Waals surface area contributed by atoms with E-state index in [1.165, 1.54) is 5.56 Å². The van der Waals surface area contributed by atoms with E-state index in [0.717, 1.165) is 28.5 Å². The Balaban J connectivity index is 1.99. The molecule has 0 fully saturated rings. The van der Waals surface area contributed by atoms with Crippen LogP contribution in [-0.2, 0) is 12.8 Å². The van der Waals surface area contributed by atoms with Gasteiger partial charge in [0.25, 0.3) is 0 Å². The predicted octanol–water partition coefficient (Wildman–Crippen LogP) is 3.84. The Hall–Kier alpha value is -1.61. The van der Waals surface area contributed by atoms with Crippen LogP contribution in [0.3, 0.4) is 0 Å². The molecule has 4 heteroatoms. The number of rotatable bonds is 2. The van der Waals surface area contributed by atoms with Crippen LogP contribution in [0, 0.1) is 14.9 Å². The summed E-state index contributed by atoms with van der Waals surface area (Å²) in [4.78, 5) is 4.50. The smallest absolute Gasteiger partial charge is 0.237 e. The lowest BCUT2D eigenvalue weighted by atomic mass is 10.1. The van der Waals surface area contributed by atoms with Crippen molar-refractivity contribution in [2.75, 3.05) is 0 Å². The average molecular weight is 362 g/mol. The molecular formula is C15H11IN2O. The number of nitriles is 1. The number of aryl methyl sites for hydroxylation is 2. The standard InChI is InChI=1S/C15H11IN2O/c16-12-4-2-5-13(8-12)19-15-11(9-17)7-10-3-1-6-14(10)18-15/h2,4-5,7-8H,1,3,6H2. The zero-order chi connectivity index (χ0) is 13.2. The molecule has 0 bridgehead atoms. The third-order valence-electron chi connectivity index (χ3n) is 3.15. The van der Waals surface area contributed by atoms with Crippen LogP contribution < -0.4 is 4.74 Å². The van der Waals surface area contributed by atoms with Crippen LogP contribution >= 0.6 is 22.6 Å². The normalized spacial score (nSPS) is 12.8. The molecule has 0 N–H and O–H groups in total. The molecule has 0 atom stereocenters. The lowest BCUT2D eigenvalue weighted by Crippen LogP contribution is -1.97. The number of aromatic nitrogens is 1. The molecule has 1 aromatic carbocycles. The van der Waals surface area contributed by atoms with Crippen LogP contribution in [0.1, 0.15) is 23.2 Å². The third-order valence-corrected chi connectivity index (χ3v) is 3.82. The van der Waals surface area contributed by atoms with Crippen LogP contribution in [0.15, 0.2) is 30.3 Å². The van der Waals surface area contributed by atoms with E-state index in [2.05, 4.69) is 33.6 Å². The minimum Gasteiger partial charge on any atom is -0.438 e. The third kappa shape index (κ3) is 2.56. The molecule has 0 saturated heterocycles. The Labute approximate surface area is 125 Å². The van der Waals surface area contributed by atoms with Crippen molar-refractivity contribution in [3.8, 4) is 17.7 Å². The Morgan fingerprint density at radius 2 is 2.16 bits per heavy atom. The van der Waals surface area contributed by atoms with E-state index in [-0.39, 0.29) is 0 Å². The highest BCUT2D eigenvalue weighted by molar-refractivity contribution is 14.1. The van der Waals surface area contributed by atoms with E-state index in [1.807, 2.05) is 30.3 Å². The highest BCUT2D eigenvalue weighted by Gasteiger charge is 2.17. The number of hydrogen-bond donors (Lipinski definition) is 0. The second-order valence-corrected chi connectivity index (χ2v) is 5.72. The van der Waals surface area contributed by atoms with E-state index in [4.69, 9.17) is 4.74 Å². The first-order valence-corrected chi connectivity index (χ1v) is 7.20. The minimum atomic E-state index is 0.421. The second kappa shape index (κ2) is 5.17. The van der Waals surface area contributed by atoms with Crippen molar-refractivity contribution in [2.24, 2.45) is 0 Å². The van der Waals surface area contributed by atoms with Gasteiger partial charge in [0.05, 0.1) is 0 Å². The molecule has 0 unspecified atom stereocenters. The van der Waals surface area contributed by atoms with Gasteiger partial charge in [0.2, 0.25) is 5.88 Å². The lowest BCUT2D eigenvalue weighted by Gasteiger charge is -2.08. The molecule has 0 aliphatic heterocycles. The largest absolute Gasteiger partial charge is 0.438 e. The second-order valence-electron chi connectivity index (χ2n) is 4.47. The summed E-state index contributed by atoms with van der Waals surface area (Å²) in [5.74, 6) is 1.14. The van der Waals surface area contributed by atoms with Gasteiger partial charge in [0, 0.05) is 9.26 Å². The Kier molecular flexibility index (Phi) is 3.38. The van der Waals surface area contributed by atoms with Gasteiger partial charge < -0.3 is 4.74 Å². The van der Waals surface area contributed by atoms with Crippen molar-refractivity contribution < 1.29 is 4.74 Å². The number of halogens is 1. The average Bonchev–Trinajstić information content (AvgIpc) is 2.85. The predicted molar refractivity (Wildman–Crippen MR) is 80.2 cm³/mol. The van der Waals surface area contributed by atoms with Crippen LogP contribution in [0.25, 0.3) is 0 Å². The summed E-state index contributed by atoms with van der Waals surface area (Å²) in [6.45, 7) is 0. The molecule has 1 aliphatic rings. The monoisotopic (exact) mass is 362 g/mol. The van der Waals surface area contributed by atoms with Crippen LogP contribution in [-0.4, -0.2) is 4.98 Å². The molecule has 2 aromatic rings. The molecule has 0 amide bonds. The molecule has 3 nitrogen and oxygen atoms in total. The van der Waals surface area contributed by atoms with Crippen LogP contribution in [0.5, 0.6) is 11.6 Å². The SMILES string of the molecule is N#Cc1cc2c(nc1Oc1cccc(I)c1)CCC2. The molecule has 0 spiro atoms. The highest BCUT2D eigenvalue weighted by atomic mass is 127. The van der Waals surface area contributed by atoms with Crippen molar-refractivity contribution in [3.63, 3.8) is 0 Å². The molecular weight excluding hydrogens is 351 g/mol. The van der Waals surface area contributed by atoms with Gasteiger partial charge in [-0.25, -0.2) is 4.98 Å². The summed E-state index contributed by atoms with van der Waals surface area (Å²) in [7, 11) is 0. The maximum absolute atomic E-state index is 9.21. The van der Waals surface area contributed by atoms with Crippen LogP contribution in [0.2, 0.25) is 0 Å². The Morgan fingerprint density at radius 1 is 1.26 bits per heavy atom. The van der Waals surface area contributed by atoms with E-state index in [9.17, 15) is 5.26 Å². The van der Waals surface area contributed by atoms with Gasteiger partial charge in [-0.2, -0.15) is 5.26 Å². The van der Waals surface area contributed by atoms with Crippen molar-refractivity contribution >= 4 is 22.6 Å². The first-order chi connectivity index (χ1) is 9.26. The molecule has 1 aromatic heterocycles. The molecule has 94 valence electrons. The molecule has 1 heterocycles. The lowest BCUT2D eigenvalue weighted by molar-refractivity contribution is 0.459. The number of hydrogen-bond acceptors (Lipinski definition) is 3. The van der Waals surface area contributed by atoms with Gasteiger partial charge in [0.1, 0.15) is 17.4 Å². The number of pyridine rings is 1. The number of ether oxygens (including phenoxy) is 1. The van der Waals surface area contributed by atoms with Crippen LogP contribution in [0.4, 0.5) is 0 Å². The van der Waals surface area contributed by atoms with Crippen molar-refractivity contribution in [1.29, 1.82) is 5.26 Å². The van der Waals surface area contributed by atoms with Gasteiger partial charge in [0.15, 0.2) is 0 Å². The fourth-order valence-corrected chi connectivity index (χ4v) is 2.77. The van der Waals surface area contributed by atoms with Crippen molar-refractivity contribution in [2.45, 2.75) is 19.3 Å². The number of fused-ring (bicyclic) bond motifs is 1. The van der Waals surface area contributed by atoms with E-state index < -0.39 is 0 Å². The fourth-order valence-electron chi connectivity index (χ4n) is 2.25. The maximum atomic E-state index is 9.21. The van der Waals surface area contributed by atoms with Gasteiger partial charge in [-0.1, -0.05) is 6.07 Å². The summed E-state index contributed by atoms with van der Waals surface area (Å²) in [5, 5.41) is 9.21. The quantitative estimate of drug-likeness (QED) is 0.763. The summed E-state index contributed by atoms with van der Waals surface area (Å²) >= 11 is 2.23. The first-order valence-electron chi connectivity index (χ1n) is 6.12. The molecule has 19 heavy (non-hydrogen) atoms. The molecule has 3 rings (SSSR count). The number of benzene rings is 1. The summed E-state index contributed by atoms with van der Waals surface area (Å²) in [5.41, 5.74) is 2.77. The molecule has 0 saturated carbocycles. The van der Waals surface area contributed by atoms with E-state index in [0.29, 0.717) is 17.2 Å². The zero-order valence-electron chi connectivity index (χ0n) is 10.2. The van der Waals surface area contributed by atoms with Crippen molar-refractivity contribution in [3.05, 3.63) is 50.7 Å². The van der Waals surface area contributed by atoms with E-state index >= 15 is 0 Å². The first kappa shape index (κ1) is 12.4. The summed E-state index contributed by atoms with van der Waals surface area (Å²) in [6, 6.07) is 11.8. The number of nitrogens with zero attached hydrogens (tertiary/aromatic N) is 2. The maximum Gasteiger partial charge on any atom is 0.237 e. The van der Waals surface area contributed by atoms with Gasteiger partial charge >= 0.3 is 0 Å². The molecule has 1 aliphatic carbocycles. The Bertz CT molecular complexity index is 676. The van der Waals surface area contributed by atoms with Gasteiger partial charge in [-0.15, -0.1) is 0 Å². The molecule has 0 radical (unpaired) electrons.